The van der Waals surface area contributed by atoms with Crippen LogP contribution >= 0.6 is 11.6 Å². The standard InChI is InChI=1S/C42H73ClN4O6/c1-24-34-20-30(42(34,3)4)21-35(24)45-41(51)38-37(25(2)49)36(23-48)53-47(38)22-27-11-9-13-33(39(27)52-7)28-17-29(19-32(18-28)46(5)6)40(50)44-15-14-26-10-8-12-31(43)16-26/h24-39,48-49H,8-23H2,1-7H3,(H,44,50)(H,45,51)/t24-,25-,26?,27?,28?,29?,30+,31?,32?,33?,34-,35-,36-,37+,38-,39?/m0/s1. The van der Waals surface area contributed by atoms with Gasteiger partial charge < -0.3 is 30.5 Å². The number of nitrogens with one attached hydrogen (secondary N) is 2. The van der Waals surface area contributed by atoms with E-state index in [1.54, 1.807) is 12.0 Å². The first kappa shape index (κ1) is 41.6. The Bertz CT molecular complexity index is 1240. The van der Waals surface area contributed by atoms with E-state index in [1.807, 2.05) is 7.11 Å². The zero-order valence-corrected chi connectivity index (χ0v) is 34.6. The summed E-state index contributed by atoms with van der Waals surface area (Å²) in [7, 11) is 6.08. The summed E-state index contributed by atoms with van der Waals surface area (Å²) in [6.07, 6.45) is 12.1. The number of halogens is 1. The number of carbonyl (C=O) groups is 2. The van der Waals surface area contributed by atoms with Crippen LogP contribution in [0.1, 0.15) is 111 Å². The number of fused-ring (bicyclic) bond motifs is 2. The molecule has 7 aliphatic rings. The van der Waals surface area contributed by atoms with Crippen molar-refractivity contribution in [1.29, 1.82) is 0 Å². The van der Waals surface area contributed by atoms with Crippen molar-refractivity contribution < 1.29 is 29.4 Å². The number of hydrogen-bond donors (Lipinski definition) is 4. The third-order valence-electron chi connectivity index (χ3n) is 15.7. The number of methoxy groups -OCH3 is 1. The molecule has 0 aromatic carbocycles. The Morgan fingerprint density at radius 2 is 1.79 bits per heavy atom. The van der Waals surface area contributed by atoms with Crippen LogP contribution < -0.4 is 10.6 Å². The van der Waals surface area contributed by atoms with Crippen molar-refractivity contribution in [3.63, 3.8) is 0 Å². The van der Waals surface area contributed by atoms with Gasteiger partial charge >= 0.3 is 0 Å². The van der Waals surface area contributed by atoms with Gasteiger partial charge in [0.25, 0.3) is 0 Å². The van der Waals surface area contributed by atoms with E-state index >= 15 is 0 Å². The molecule has 304 valence electrons. The molecule has 1 aliphatic heterocycles. The molecular formula is C42H73ClN4O6. The fraction of sp³-hybridized carbons (Fsp3) is 0.952. The van der Waals surface area contributed by atoms with Crippen molar-refractivity contribution in [2.24, 2.45) is 58.7 Å². The van der Waals surface area contributed by atoms with Crippen LogP contribution in [-0.2, 0) is 19.2 Å². The number of nitrogens with zero attached hydrogens (tertiary/aromatic N) is 2. The third kappa shape index (κ3) is 8.94. The fourth-order valence-corrected chi connectivity index (χ4v) is 12.9. The normalized spacial score (nSPS) is 43.6. The highest BCUT2D eigenvalue weighted by Crippen LogP contribution is 2.61. The lowest BCUT2D eigenvalue weighted by atomic mass is 9.45. The number of hydroxylamine groups is 2. The van der Waals surface area contributed by atoms with Gasteiger partial charge in [-0.25, -0.2) is 0 Å². The van der Waals surface area contributed by atoms with Crippen LogP contribution in [0.3, 0.4) is 0 Å². The van der Waals surface area contributed by atoms with E-state index in [4.69, 9.17) is 21.2 Å². The second kappa shape index (κ2) is 17.6. The van der Waals surface area contributed by atoms with Crippen LogP contribution in [0.4, 0.5) is 0 Å². The smallest absolute Gasteiger partial charge is 0.240 e. The second-order valence-electron chi connectivity index (χ2n) is 19.3. The number of rotatable bonds is 13. The van der Waals surface area contributed by atoms with E-state index in [1.165, 1.54) is 19.3 Å². The second-order valence-corrected chi connectivity index (χ2v) is 19.9. The number of amides is 2. The van der Waals surface area contributed by atoms with Gasteiger partial charge in [0.05, 0.1) is 18.8 Å². The SMILES string of the molecule is COC1C(CN2O[C@@H](CO)[C@@H]([C@H](C)O)[C@H]2C(=O)N[C@H]2C[C@H]3C[C@@H]([C@@H]2C)C3(C)C)CCCC1C1CC(C(=O)NCCC2CCCC(Cl)C2)CC(N(C)C)C1. The number of alkyl halides is 1. The van der Waals surface area contributed by atoms with Gasteiger partial charge in [0, 0.05) is 55.4 Å². The highest BCUT2D eigenvalue weighted by Gasteiger charge is 2.58. The van der Waals surface area contributed by atoms with Crippen LogP contribution in [0.2, 0.25) is 0 Å². The number of carbonyl (C=O) groups excluding carboxylic acids is 2. The number of hydrogen-bond acceptors (Lipinski definition) is 8. The Labute approximate surface area is 325 Å². The molecule has 6 aliphatic carbocycles. The summed E-state index contributed by atoms with van der Waals surface area (Å²) in [5.41, 5.74) is 0.318. The Morgan fingerprint density at radius 1 is 1.04 bits per heavy atom. The molecule has 0 aromatic rings. The van der Waals surface area contributed by atoms with E-state index in [0.29, 0.717) is 47.6 Å². The molecule has 16 atom stereocenters. The molecule has 10 nitrogen and oxygen atoms in total. The van der Waals surface area contributed by atoms with Crippen LogP contribution in [-0.4, -0.2) is 115 Å². The van der Waals surface area contributed by atoms with E-state index in [0.717, 1.165) is 70.8 Å². The van der Waals surface area contributed by atoms with E-state index < -0.39 is 24.2 Å². The van der Waals surface area contributed by atoms with Gasteiger partial charge in [0.15, 0.2) is 0 Å². The quantitative estimate of drug-likeness (QED) is 0.188. The lowest BCUT2D eigenvalue weighted by Gasteiger charge is -2.62. The molecule has 0 aromatic heterocycles. The minimum Gasteiger partial charge on any atom is -0.394 e. The van der Waals surface area contributed by atoms with Crippen LogP contribution in [0.25, 0.3) is 0 Å². The first-order chi connectivity index (χ1) is 25.2. The maximum atomic E-state index is 14.3. The number of aliphatic hydroxyl groups is 2. The average Bonchev–Trinajstić information content (AvgIpc) is 3.50. The lowest BCUT2D eigenvalue weighted by Crippen LogP contribution is -2.62. The van der Waals surface area contributed by atoms with Gasteiger partial charge in [-0.05, 0) is 126 Å². The van der Waals surface area contributed by atoms with Crippen LogP contribution in [0.15, 0.2) is 0 Å². The molecule has 0 radical (unpaired) electrons. The highest BCUT2D eigenvalue weighted by molar-refractivity contribution is 6.20. The monoisotopic (exact) mass is 765 g/mol. The summed E-state index contributed by atoms with van der Waals surface area (Å²) in [5, 5.41) is 30.2. The molecule has 2 bridgehead atoms. The van der Waals surface area contributed by atoms with Crippen LogP contribution in [0.5, 0.6) is 0 Å². The Hall–Kier alpha value is -1.01. The molecule has 8 unspecified atom stereocenters. The molecule has 4 N–H and O–H groups in total. The van der Waals surface area contributed by atoms with Crippen molar-refractivity contribution >= 4 is 23.4 Å². The zero-order chi connectivity index (χ0) is 38.2. The molecular weight excluding hydrogens is 692 g/mol. The van der Waals surface area contributed by atoms with Crippen LogP contribution in [0, 0.1) is 58.7 Å². The summed E-state index contributed by atoms with van der Waals surface area (Å²) in [4.78, 5) is 36.7. The van der Waals surface area contributed by atoms with Crippen molar-refractivity contribution in [3.8, 4) is 0 Å². The van der Waals surface area contributed by atoms with E-state index in [2.05, 4.69) is 50.4 Å². The Balaban J connectivity index is 1.13. The third-order valence-corrected chi connectivity index (χ3v) is 16.1. The van der Waals surface area contributed by atoms with Gasteiger partial charge in [0.2, 0.25) is 11.8 Å². The molecule has 6 saturated carbocycles. The highest BCUT2D eigenvalue weighted by atomic mass is 35.5. The van der Waals surface area contributed by atoms with Crippen molar-refractivity contribution in [2.45, 2.75) is 153 Å². The predicted molar refractivity (Wildman–Crippen MR) is 208 cm³/mol. The molecule has 53 heavy (non-hydrogen) atoms. The Kier molecular flexibility index (Phi) is 13.9. The summed E-state index contributed by atoms with van der Waals surface area (Å²) >= 11 is 6.45. The van der Waals surface area contributed by atoms with Crippen molar-refractivity contribution in [1.82, 2.24) is 20.6 Å². The van der Waals surface area contributed by atoms with E-state index in [-0.39, 0.29) is 53.7 Å². The Morgan fingerprint density at radius 3 is 2.43 bits per heavy atom. The minimum atomic E-state index is -0.825. The molecule has 2 amide bonds. The number of ether oxygens (including phenoxy) is 1. The van der Waals surface area contributed by atoms with Crippen molar-refractivity contribution in [2.75, 3.05) is 40.9 Å². The molecule has 11 heteroatoms. The first-order valence-corrected chi connectivity index (χ1v) is 21.8. The summed E-state index contributed by atoms with van der Waals surface area (Å²) < 4.78 is 6.40. The molecule has 7 rings (SSSR count). The lowest BCUT2D eigenvalue weighted by molar-refractivity contribution is -0.193. The maximum absolute atomic E-state index is 14.3. The maximum Gasteiger partial charge on any atom is 0.240 e. The van der Waals surface area contributed by atoms with Crippen molar-refractivity contribution in [3.05, 3.63) is 0 Å². The molecule has 1 saturated heterocycles. The van der Waals surface area contributed by atoms with Gasteiger partial charge in [0.1, 0.15) is 12.1 Å². The largest absolute Gasteiger partial charge is 0.394 e. The van der Waals surface area contributed by atoms with Gasteiger partial charge in [-0.3, -0.25) is 14.4 Å². The summed E-state index contributed by atoms with van der Waals surface area (Å²) in [6, 6.07) is -0.280. The van der Waals surface area contributed by atoms with Gasteiger partial charge in [-0.1, -0.05) is 40.0 Å². The minimum absolute atomic E-state index is 0.0305. The van der Waals surface area contributed by atoms with E-state index in [9.17, 15) is 19.8 Å². The first-order valence-electron chi connectivity index (χ1n) is 21.4. The molecule has 1 heterocycles. The van der Waals surface area contributed by atoms with Gasteiger partial charge in [-0.15, -0.1) is 11.6 Å². The average molecular weight is 766 g/mol. The summed E-state index contributed by atoms with van der Waals surface area (Å²) in [6.45, 7) is 9.66. The zero-order valence-electron chi connectivity index (χ0n) is 33.9. The molecule has 7 fully saturated rings. The number of aliphatic hydroxyl groups excluding tert-OH is 2. The van der Waals surface area contributed by atoms with Gasteiger partial charge in [-0.2, -0.15) is 5.06 Å². The summed E-state index contributed by atoms with van der Waals surface area (Å²) in [5.74, 6) is 2.44. The topological polar surface area (TPSA) is 124 Å². The predicted octanol–water partition coefficient (Wildman–Crippen LogP) is 5.23. The fourth-order valence-electron chi connectivity index (χ4n) is 12.4. The molecule has 0 spiro atoms.